The van der Waals surface area contributed by atoms with Gasteiger partial charge in [0.05, 0.1) is 9.79 Å². The van der Waals surface area contributed by atoms with Crippen molar-refractivity contribution in [2.45, 2.75) is 9.79 Å². The third-order valence-electron chi connectivity index (χ3n) is 4.29. The molecule has 0 amide bonds. The van der Waals surface area contributed by atoms with Gasteiger partial charge in [-0.3, -0.25) is 9.78 Å². The van der Waals surface area contributed by atoms with Crippen molar-refractivity contribution >= 4 is 27.2 Å². The zero-order valence-electron chi connectivity index (χ0n) is 14.8. The highest BCUT2D eigenvalue weighted by Gasteiger charge is 2.25. The van der Waals surface area contributed by atoms with Crippen LogP contribution >= 0.6 is 11.6 Å². The Kier molecular flexibility index (Phi) is 5.00. The second kappa shape index (κ2) is 7.62. The molecule has 144 valence electrons. The summed E-state index contributed by atoms with van der Waals surface area (Å²) in [6.45, 7) is 0. The Morgan fingerprint density at radius 2 is 1.83 bits per heavy atom. The summed E-state index contributed by atoms with van der Waals surface area (Å²) in [7, 11) is -3.97. The fourth-order valence-corrected chi connectivity index (χ4v) is 4.46. The van der Waals surface area contributed by atoms with Gasteiger partial charge >= 0.3 is 0 Å². The quantitative estimate of drug-likeness (QED) is 0.439. The average Bonchev–Trinajstić information content (AvgIpc) is 3.28. The lowest BCUT2D eigenvalue weighted by atomic mass is 10.1. The molecule has 0 fully saturated rings. The Morgan fingerprint density at radius 3 is 2.48 bits per heavy atom. The van der Waals surface area contributed by atoms with Gasteiger partial charge in [-0.05, 0) is 42.5 Å². The van der Waals surface area contributed by atoms with Crippen LogP contribution in [0.15, 0.2) is 93.9 Å². The van der Waals surface area contributed by atoms with E-state index in [-0.39, 0.29) is 25.9 Å². The highest BCUT2D eigenvalue weighted by atomic mass is 35.5. The molecular weight excluding hydrogens is 412 g/mol. The second-order valence-corrected chi connectivity index (χ2v) is 8.47. The molecule has 0 radical (unpaired) electrons. The summed E-state index contributed by atoms with van der Waals surface area (Å²) in [6, 6.07) is 13.5. The second-order valence-electron chi connectivity index (χ2n) is 6.11. The summed E-state index contributed by atoms with van der Waals surface area (Å²) in [5, 5.41) is 0.262. The van der Waals surface area contributed by atoms with Crippen molar-refractivity contribution in [1.82, 2.24) is 9.97 Å². The van der Waals surface area contributed by atoms with E-state index in [2.05, 4.69) is 9.97 Å². The standard InChI is InChI=1S/C21H13ClN2O4S/c22-16-5-8-20(18(10-16)21(25)15-2-1-9-23-11-15)29(26,27)17-6-3-14(4-7-17)19-12-28-13-24-19/h1-13H. The van der Waals surface area contributed by atoms with Gasteiger partial charge in [-0.25, -0.2) is 13.4 Å². The predicted octanol–water partition coefficient (Wildman–Crippen LogP) is 4.45. The van der Waals surface area contributed by atoms with E-state index < -0.39 is 15.6 Å². The van der Waals surface area contributed by atoms with E-state index in [4.69, 9.17) is 16.0 Å². The molecule has 0 aliphatic carbocycles. The number of benzene rings is 2. The summed E-state index contributed by atoms with van der Waals surface area (Å²) in [5.74, 6) is -0.474. The molecule has 0 N–H and O–H groups in total. The van der Waals surface area contributed by atoms with Crippen LogP contribution in [0.25, 0.3) is 11.3 Å². The monoisotopic (exact) mass is 424 g/mol. The lowest BCUT2D eigenvalue weighted by Gasteiger charge is -2.11. The van der Waals surface area contributed by atoms with Gasteiger partial charge < -0.3 is 4.42 Å². The maximum Gasteiger partial charge on any atom is 0.207 e. The molecular formula is C21H13ClN2O4S. The van der Waals surface area contributed by atoms with Gasteiger partial charge in [0.25, 0.3) is 0 Å². The van der Waals surface area contributed by atoms with Gasteiger partial charge in [-0.15, -0.1) is 0 Å². The number of rotatable bonds is 5. The highest BCUT2D eigenvalue weighted by Crippen LogP contribution is 2.29. The van der Waals surface area contributed by atoms with E-state index in [0.29, 0.717) is 11.3 Å². The molecule has 2 aromatic heterocycles. The first-order valence-electron chi connectivity index (χ1n) is 8.45. The van der Waals surface area contributed by atoms with Crippen LogP contribution in [0.3, 0.4) is 0 Å². The summed E-state index contributed by atoms with van der Waals surface area (Å²) < 4.78 is 31.5. The van der Waals surface area contributed by atoms with E-state index in [1.165, 1.54) is 55.4 Å². The molecule has 29 heavy (non-hydrogen) atoms. The third kappa shape index (κ3) is 3.70. The summed E-state index contributed by atoms with van der Waals surface area (Å²) in [5.41, 5.74) is 1.56. The van der Waals surface area contributed by atoms with Crippen LogP contribution in [-0.4, -0.2) is 24.2 Å². The first kappa shape index (κ1) is 19.0. The number of nitrogens with zero attached hydrogens (tertiary/aromatic N) is 2. The highest BCUT2D eigenvalue weighted by molar-refractivity contribution is 7.91. The molecule has 0 saturated carbocycles. The Labute approximate surface area is 171 Å². The smallest absolute Gasteiger partial charge is 0.207 e. The van der Waals surface area contributed by atoms with Gasteiger partial charge in [-0.2, -0.15) is 0 Å². The molecule has 4 rings (SSSR count). The Hall–Kier alpha value is -3.29. The number of hydrogen-bond donors (Lipinski definition) is 0. The molecule has 2 heterocycles. The number of aromatic nitrogens is 2. The van der Waals surface area contributed by atoms with Crippen molar-refractivity contribution in [3.63, 3.8) is 0 Å². The van der Waals surface area contributed by atoms with E-state index in [0.717, 1.165) is 0 Å². The zero-order chi connectivity index (χ0) is 20.4. The number of sulfone groups is 1. The van der Waals surface area contributed by atoms with Crippen molar-refractivity contribution in [2.24, 2.45) is 0 Å². The van der Waals surface area contributed by atoms with E-state index >= 15 is 0 Å². The van der Waals surface area contributed by atoms with Gasteiger partial charge in [0.2, 0.25) is 9.84 Å². The minimum Gasteiger partial charge on any atom is -0.451 e. The topological polar surface area (TPSA) is 90.1 Å². The molecule has 0 aliphatic heterocycles. The van der Waals surface area contributed by atoms with E-state index in [1.807, 2.05) is 0 Å². The van der Waals surface area contributed by atoms with Crippen LogP contribution in [0.4, 0.5) is 0 Å². The number of oxazole rings is 1. The van der Waals surface area contributed by atoms with Crippen molar-refractivity contribution in [1.29, 1.82) is 0 Å². The average molecular weight is 425 g/mol. The van der Waals surface area contributed by atoms with Crippen LogP contribution in [0.2, 0.25) is 5.02 Å². The molecule has 0 bridgehead atoms. The molecule has 0 atom stereocenters. The first-order valence-corrected chi connectivity index (χ1v) is 10.3. The number of hydrogen-bond acceptors (Lipinski definition) is 6. The third-order valence-corrected chi connectivity index (χ3v) is 6.36. The number of carbonyl (C=O) groups is 1. The fraction of sp³-hybridized carbons (Fsp3) is 0. The maximum absolute atomic E-state index is 13.3. The summed E-state index contributed by atoms with van der Waals surface area (Å²) >= 11 is 6.04. The van der Waals surface area contributed by atoms with Crippen molar-refractivity contribution < 1.29 is 17.6 Å². The van der Waals surface area contributed by atoms with Crippen molar-refractivity contribution in [3.05, 3.63) is 95.8 Å². The minimum atomic E-state index is -3.97. The summed E-state index contributed by atoms with van der Waals surface area (Å²) in [6.07, 6.45) is 5.67. The molecule has 0 saturated heterocycles. The van der Waals surface area contributed by atoms with Gasteiger partial charge in [0.15, 0.2) is 12.2 Å². The lowest BCUT2D eigenvalue weighted by molar-refractivity contribution is 0.103. The first-order chi connectivity index (χ1) is 14.0. The summed E-state index contributed by atoms with van der Waals surface area (Å²) in [4.78, 5) is 20.8. The molecule has 6 nitrogen and oxygen atoms in total. The molecule has 8 heteroatoms. The van der Waals surface area contributed by atoms with Crippen LogP contribution in [0.5, 0.6) is 0 Å². The molecule has 0 aliphatic rings. The van der Waals surface area contributed by atoms with Crippen LogP contribution < -0.4 is 0 Å². The van der Waals surface area contributed by atoms with Crippen LogP contribution in [0.1, 0.15) is 15.9 Å². The van der Waals surface area contributed by atoms with Crippen LogP contribution in [-0.2, 0) is 9.84 Å². The Morgan fingerprint density at radius 1 is 1.03 bits per heavy atom. The Balaban J connectivity index is 1.79. The molecule has 0 unspecified atom stereocenters. The molecule has 2 aromatic carbocycles. The lowest BCUT2D eigenvalue weighted by Crippen LogP contribution is -2.11. The SMILES string of the molecule is O=C(c1cccnc1)c1cc(Cl)ccc1S(=O)(=O)c1ccc(-c2cocn2)cc1. The maximum atomic E-state index is 13.3. The van der Waals surface area contributed by atoms with Crippen molar-refractivity contribution in [2.75, 3.05) is 0 Å². The van der Waals surface area contributed by atoms with Crippen LogP contribution in [0, 0.1) is 0 Å². The number of ketones is 1. The van der Waals surface area contributed by atoms with E-state index in [9.17, 15) is 13.2 Å². The zero-order valence-corrected chi connectivity index (χ0v) is 16.4. The number of pyridine rings is 1. The Bertz CT molecular complexity index is 1270. The van der Waals surface area contributed by atoms with Gasteiger partial charge in [-0.1, -0.05) is 23.7 Å². The molecule has 4 aromatic rings. The van der Waals surface area contributed by atoms with E-state index in [1.54, 1.807) is 24.3 Å². The molecule has 0 spiro atoms. The minimum absolute atomic E-state index is 0.00826. The van der Waals surface area contributed by atoms with Gasteiger partial charge in [0, 0.05) is 34.1 Å². The van der Waals surface area contributed by atoms with Crippen molar-refractivity contribution in [3.8, 4) is 11.3 Å². The predicted molar refractivity (Wildman–Crippen MR) is 107 cm³/mol. The fourth-order valence-electron chi connectivity index (χ4n) is 2.85. The number of halogens is 1. The normalized spacial score (nSPS) is 11.3. The van der Waals surface area contributed by atoms with Gasteiger partial charge in [0.1, 0.15) is 12.0 Å². The largest absolute Gasteiger partial charge is 0.451 e. The number of carbonyl (C=O) groups excluding carboxylic acids is 1.